The minimum atomic E-state index is -0.363. The molecule has 0 saturated carbocycles. The summed E-state index contributed by atoms with van der Waals surface area (Å²) in [5.41, 5.74) is 2.31. The van der Waals surface area contributed by atoms with Gasteiger partial charge in [-0.15, -0.1) is 0 Å². The van der Waals surface area contributed by atoms with Gasteiger partial charge in [-0.25, -0.2) is 4.39 Å². The lowest BCUT2D eigenvalue weighted by atomic mass is 10.1. The summed E-state index contributed by atoms with van der Waals surface area (Å²) in [4.78, 5) is 0. The Bertz CT molecular complexity index is 366. The molecule has 14 heavy (non-hydrogen) atoms. The molecule has 1 aromatic carbocycles. The van der Waals surface area contributed by atoms with E-state index in [1.54, 1.807) is 12.1 Å². The number of rotatable bonds is 1. The SMILES string of the molecule is Fc1ccc(/C=C2/CCNC2)cc1Cl. The van der Waals surface area contributed by atoms with Crippen LogP contribution >= 0.6 is 11.6 Å². The number of nitrogens with one attached hydrogen (secondary N) is 1. The van der Waals surface area contributed by atoms with Crippen LogP contribution in [0.25, 0.3) is 6.08 Å². The first kappa shape index (κ1) is 9.69. The molecule has 0 aliphatic carbocycles. The van der Waals surface area contributed by atoms with Gasteiger partial charge in [0.2, 0.25) is 0 Å². The maximum Gasteiger partial charge on any atom is 0.141 e. The van der Waals surface area contributed by atoms with Gasteiger partial charge in [-0.1, -0.05) is 29.3 Å². The lowest BCUT2D eigenvalue weighted by molar-refractivity contribution is 0.628. The number of hydrogen-bond acceptors (Lipinski definition) is 1. The van der Waals surface area contributed by atoms with E-state index >= 15 is 0 Å². The van der Waals surface area contributed by atoms with Crippen molar-refractivity contribution in [3.05, 3.63) is 40.2 Å². The molecule has 1 aromatic rings. The van der Waals surface area contributed by atoms with Crippen molar-refractivity contribution in [2.24, 2.45) is 0 Å². The summed E-state index contributed by atoms with van der Waals surface area (Å²) in [6.07, 6.45) is 3.13. The highest BCUT2D eigenvalue weighted by molar-refractivity contribution is 6.30. The van der Waals surface area contributed by atoms with Crippen LogP contribution in [0.1, 0.15) is 12.0 Å². The fraction of sp³-hybridized carbons (Fsp3) is 0.273. The normalized spacial score (nSPS) is 19.1. The van der Waals surface area contributed by atoms with Crippen molar-refractivity contribution in [3.63, 3.8) is 0 Å². The van der Waals surface area contributed by atoms with Crippen LogP contribution in [0.2, 0.25) is 5.02 Å². The second-order valence-corrected chi connectivity index (χ2v) is 3.81. The van der Waals surface area contributed by atoms with Gasteiger partial charge in [-0.2, -0.15) is 0 Å². The van der Waals surface area contributed by atoms with E-state index in [1.165, 1.54) is 11.6 Å². The first-order valence-electron chi connectivity index (χ1n) is 4.61. The maximum atomic E-state index is 12.8. The second-order valence-electron chi connectivity index (χ2n) is 3.40. The van der Waals surface area contributed by atoms with E-state index in [2.05, 4.69) is 11.4 Å². The van der Waals surface area contributed by atoms with E-state index in [-0.39, 0.29) is 10.8 Å². The molecule has 0 unspecified atom stereocenters. The van der Waals surface area contributed by atoms with Crippen molar-refractivity contribution < 1.29 is 4.39 Å². The maximum absolute atomic E-state index is 12.8. The topological polar surface area (TPSA) is 12.0 Å². The van der Waals surface area contributed by atoms with Gasteiger partial charge in [0, 0.05) is 6.54 Å². The van der Waals surface area contributed by atoms with E-state index in [0.717, 1.165) is 25.1 Å². The molecule has 0 bridgehead atoms. The molecule has 1 aliphatic rings. The molecule has 1 fully saturated rings. The van der Waals surface area contributed by atoms with E-state index in [9.17, 15) is 4.39 Å². The van der Waals surface area contributed by atoms with Crippen LogP contribution in [0.3, 0.4) is 0 Å². The standard InChI is InChI=1S/C11H11ClFN/c12-10-6-8(1-2-11(10)13)5-9-3-4-14-7-9/h1-2,5-6,14H,3-4,7H2/b9-5-. The fourth-order valence-electron chi connectivity index (χ4n) is 1.55. The third-order valence-electron chi connectivity index (χ3n) is 2.29. The molecule has 0 aromatic heterocycles. The van der Waals surface area contributed by atoms with Gasteiger partial charge in [-0.05, 0) is 30.7 Å². The van der Waals surface area contributed by atoms with Gasteiger partial charge in [0.05, 0.1) is 5.02 Å². The van der Waals surface area contributed by atoms with Crippen molar-refractivity contribution in [2.75, 3.05) is 13.1 Å². The first-order chi connectivity index (χ1) is 6.75. The summed E-state index contributed by atoms with van der Waals surface area (Å²) in [6, 6.07) is 4.80. The Morgan fingerprint density at radius 3 is 2.93 bits per heavy atom. The van der Waals surface area contributed by atoms with E-state index < -0.39 is 0 Å². The molecular weight excluding hydrogens is 201 g/mol. The highest BCUT2D eigenvalue weighted by Crippen LogP contribution is 2.19. The monoisotopic (exact) mass is 211 g/mol. The molecule has 1 N–H and O–H groups in total. The molecule has 1 saturated heterocycles. The van der Waals surface area contributed by atoms with Crippen LogP contribution in [-0.4, -0.2) is 13.1 Å². The van der Waals surface area contributed by atoms with Crippen molar-refractivity contribution >= 4 is 17.7 Å². The molecule has 74 valence electrons. The lowest BCUT2D eigenvalue weighted by Gasteiger charge is -1.98. The summed E-state index contributed by atoms with van der Waals surface area (Å²) < 4.78 is 12.8. The van der Waals surface area contributed by atoms with Crippen molar-refractivity contribution in [1.82, 2.24) is 5.32 Å². The zero-order chi connectivity index (χ0) is 9.97. The van der Waals surface area contributed by atoms with Crippen LogP contribution in [0.15, 0.2) is 23.8 Å². The van der Waals surface area contributed by atoms with Gasteiger partial charge < -0.3 is 5.32 Å². The molecular formula is C11H11ClFN. The Labute approximate surface area is 87.6 Å². The Morgan fingerprint density at radius 2 is 2.29 bits per heavy atom. The number of benzene rings is 1. The minimum absolute atomic E-state index is 0.185. The second kappa shape index (κ2) is 4.11. The van der Waals surface area contributed by atoms with Crippen LogP contribution in [0, 0.1) is 5.82 Å². The van der Waals surface area contributed by atoms with Gasteiger partial charge in [0.1, 0.15) is 5.82 Å². The average molecular weight is 212 g/mol. The number of halogens is 2. The Hall–Kier alpha value is -0.860. The van der Waals surface area contributed by atoms with Crippen LogP contribution < -0.4 is 5.32 Å². The largest absolute Gasteiger partial charge is 0.313 e. The molecule has 0 atom stereocenters. The van der Waals surface area contributed by atoms with Crippen LogP contribution in [0.4, 0.5) is 4.39 Å². The van der Waals surface area contributed by atoms with Gasteiger partial charge >= 0.3 is 0 Å². The van der Waals surface area contributed by atoms with Gasteiger partial charge in [-0.3, -0.25) is 0 Å². The van der Waals surface area contributed by atoms with Crippen molar-refractivity contribution in [3.8, 4) is 0 Å². The van der Waals surface area contributed by atoms with E-state index in [0.29, 0.717) is 0 Å². The molecule has 3 heteroatoms. The Kier molecular flexibility index (Phi) is 2.85. The third-order valence-corrected chi connectivity index (χ3v) is 2.58. The Balaban J connectivity index is 2.24. The first-order valence-corrected chi connectivity index (χ1v) is 4.99. The van der Waals surface area contributed by atoms with Crippen molar-refractivity contribution in [1.29, 1.82) is 0 Å². The Morgan fingerprint density at radius 1 is 1.43 bits per heavy atom. The third kappa shape index (κ3) is 2.14. The van der Waals surface area contributed by atoms with Gasteiger partial charge in [0.15, 0.2) is 0 Å². The average Bonchev–Trinajstić information content (AvgIpc) is 2.64. The fourth-order valence-corrected chi connectivity index (χ4v) is 1.74. The van der Waals surface area contributed by atoms with Gasteiger partial charge in [0.25, 0.3) is 0 Å². The zero-order valence-corrected chi connectivity index (χ0v) is 8.44. The predicted octanol–water partition coefficient (Wildman–Crippen LogP) is 2.86. The highest BCUT2D eigenvalue weighted by Gasteiger charge is 2.05. The molecule has 2 rings (SSSR count). The summed E-state index contributed by atoms with van der Waals surface area (Å²) >= 11 is 5.68. The van der Waals surface area contributed by atoms with E-state index in [4.69, 9.17) is 11.6 Å². The smallest absolute Gasteiger partial charge is 0.141 e. The summed E-state index contributed by atoms with van der Waals surface area (Å²) in [5, 5.41) is 3.43. The number of hydrogen-bond donors (Lipinski definition) is 1. The van der Waals surface area contributed by atoms with E-state index in [1.807, 2.05) is 0 Å². The lowest BCUT2D eigenvalue weighted by Crippen LogP contribution is -2.04. The summed E-state index contributed by atoms with van der Waals surface area (Å²) in [5.74, 6) is -0.363. The molecule has 1 aliphatic heterocycles. The summed E-state index contributed by atoms with van der Waals surface area (Å²) in [6.45, 7) is 1.95. The van der Waals surface area contributed by atoms with Crippen LogP contribution in [-0.2, 0) is 0 Å². The molecule has 1 nitrogen and oxygen atoms in total. The molecule has 1 heterocycles. The van der Waals surface area contributed by atoms with Crippen molar-refractivity contribution in [2.45, 2.75) is 6.42 Å². The summed E-state index contributed by atoms with van der Waals surface area (Å²) in [7, 11) is 0. The minimum Gasteiger partial charge on any atom is -0.313 e. The quantitative estimate of drug-likeness (QED) is 0.753. The molecule has 0 spiro atoms. The molecule has 0 radical (unpaired) electrons. The highest BCUT2D eigenvalue weighted by atomic mass is 35.5. The zero-order valence-electron chi connectivity index (χ0n) is 7.69. The predicted molar refractivity (Wildman–Crippen MR) is 56.9 cm³/mol. The van der Waals surface area contributed by atoms with Crippen LogP contribution in [0.5, 0.6) is 0 Å². The molecule has 0 amide bonds.